The fraction of sp³-hybridized carbons (Fsp3) is 0.263. The van der Waals surface area contributed by atoms with Crippen LogP contribution in [-0.4, -0.2) is 29.0 Å². The van der Waals surface area contributed by atoms with Crippen molar-refractivity contribution in [1.82, 2.24) is 5.48 Å². The first-order chi connectivity index (χ1) is 13.9. The number of hydroxylamine groups is 1. The second-order valence-electron chi connectivity index (χ2n) is 6.93. The van der Waals surface area contributed by atoms with Gasteiger partial charge in [-0.2, -0.15) is 0 Å². The van der Waals surface area contributed by atoms with Crippen molar-refractivity contribution in [2.24, 2.45) is 0 Å². The zero-order valence-electron chi connectivity index (χ0n) is 15.7. The molecule has 30 heavy (non-hydrogen) atoms. The van der Waals surface area contributed by atoms with E-state index in [1.807, 2.05) is 0 Å². The number of carbonyl (C=O) groups is 2. The van der Waals surface area contributed by atoms with E-state index in [0.29, 0.717) is 6.07 Å². The zero-order valence-corrected chi connectivity index (χ0v) is 15.7. The summed E-state index contributed by atoms with van der Waals surface area (Å²) >= 11 is 0. The Balaban J connectivity index is 1.99. The molecule has 3 rings (SSSR count). The van der Waals surface area contributed by atoms with Gasteiger partial charge < -0.3 is 14.4 Å². The fourth-order valence-electron chi connectivity index (χ4n) is 2.95. The molecule has 0 saturated heterocycles. The van der Waals surface area contributed by atoms with Gasteiger partial charge in [0.2, 0.25) is 0 Å². The number of nitrogens with zero attached hydrogens (tertiary/aromatic N) is 1. The zero-order chi connectivity index (χ0) is 22.3. The summed E-state index contributed by atoms with van der Waals surface area (Å²) in [6, 6.07) is 6.60. The van der Waals surface area contributed by atoms with Crippen LogP contribution >= 0.6 is 0 Å². The summed E-state index contributed by atoms with van der Waals surface area (Å²) in [6.07, 6.45) is -4.97. The SMILES string of the molecule is CC1(C)Oc2ccc(C(=O)NO)cc2N(Cc2ccc(OC(F)(F)F)cc2F)C1=O. The molecule has 0 fully saturated rings. The summed E-state index contributed by atoms with van der Waals surface area (Å²) in [4.78, 5) is 25.7. The molecule has 11 heteroatoms. The first kappa shape index (κ1) is 21.4. The second-order valence-corrected chi connectivity index (χ2v) is 6.93. The van der Waals surface area contributed by atoms with E-state index in [1.165, 1.54) is 37.5 Å². The maximum Gasteiger partial charge on any atom is 0.573 e. The molecule has 160 valence electrons. The minimum absolute atomic E-state index is 0.00625. The number of hydrogen-bond donors (Lipinski definition) is 2. The number of benzene rings is 2. The van der Waals surface area contributed by atoms with Crippen molar-refractivity contribution in [3.8, 4) is 11.5 Å². The van der Waals surface area contributed by atoms with Crippen molar-refractivity contribution in [3.63, 3.8) is 0 Å². The van der Waals surface area contributed by atoms with Gasteiger partial charge in [-0.25, -0.2) is 9.87 Å². The number of rotatable bonds is 4. The highest BCUT2D eigenvalue weighted by Crippen LogP contribution is 2.39. The Kier molecular flexibility index (Phi) is 5.33. The van der Waals surface area contributed by atoms with Crippen molar-refractivity contribution in [2.45, 2.75) is 32.4 Å². The van der Waals surface area contributed by atoms with Crippen LogP contribution in [0.2, 0.25) is 0 Å². The number of nitrogens with one attached hydrogen (secondary N) is 1. The quantitative estimate of drug-likeness (QED) is 0.442. The summed E-state index contributed by atoms with van der Waals surface area (Å²) < 4.78 is 60.7. The van der Waals surface area contributed by atoms with Crippen LogP contribution in [-0.2, 0) is 11.3 Å². The van der Waals surface area contributed by atoms with Gasteiger partial charge in [0.1, 0.15) is 17.3 Å². The van der Waals surface area contributed by atoms with Gasteiger partial charge in [-0.15, -0.1) is 13.2 Å². The Morgan fingerprint density at radius 3 is 2.53 bits per heavy atom. The van der Waals surface area contributed by atoms with E-state index >= 15 is 0 Å². The summed E-state index contributed by atoms with van der Waals surface area (Å²) in [5.41, 5.74) is 0.205. The van der Waals surface area contributed by atoms with Crippen molar-refractivity contribution < 1.29 is 41.8 Å². The molecule has 2 amide bonds. The number of anilines is 1. The molecule has 0 atom stereocenters. The molecular formula is C19H16F4N2O5. The first-order valence-corrected chi connectivity index (χ1v) is 8.55. The Labute approximate surface area is 167 Å². The van der Waals surface area contributed by atoms with E-state index in [2.05, 4.69) is 4.74 Å². The fourth-order valence-corrected chi connectivity index (χ4v) is 2.95. The Hall–Kier alpha value is -3.34. The molecule has 0 aromatic heterocycles. The minimum atomic E-state index is -4.97. The Bertz CT molecular complexity index is 1010. The molecule has 0 unspecified atom stereocenters. The third-order valence-electron chi connectivity index (χ3n) is 4.33. The van der Waals surface area contributed by atoms with Crippen LogP contribution in [0.1, 0.15) is 29.8 Å². The van der Waals surface area contributed by atoms with Crippen molar-refractivity contribution >= 4 is 17.5 Å². The third-order valence-corrected chi connectivity index (χ3v) is 4.33. The number of carbonyl (C=O) groups excluding carboxylic acids is 2. The predicted octanol–water partition coefficient (Wildman–Crippen LogP) is 3.55. The molecular weight excluding hydrogens is 412 g/mol. The molecule has 1 aliphatic heterocycles. The largest absolute Gasteiger partial charge is 0.573 e. The molecule has 1 heterocycles. The third kappa shape index (κ3) is 4.30. The minimum Gasteiger partial charge on any atom is -0.476 e. The van der Waals surface area contributed by atoms with Crippen LogP contribution in [0.4, 0.5) is 23.2 Å². The van der Waals surface area contributed by atoms with Crippen LogP contribution in [0, 0.1) is 5.82 Å². The average Bonchev–Trinajstić information content (AvgIpc) is 2.64. The normalized spacial score (nSPS) is 15.3. The smallest absolute Gasteiger partial charge is 0.476 e. The summed E-state index contributed by atoms with van der Waals surface area (Å²) in [6.45, 7) is 2.65. The maximum absolute atomic E-state index is 14.4. The molecule has 0 saturated carbocycles. The van der Waals surface area contributed by atoms with E-state index < -0.39 is 35.3 Å². The molecule has 0 aliphatic carbocycles. The van der Waals surface area contributed by atoms with Crippen LogP contribution in [0.15, 0.2) is 36.4 Å². The first-order valence-electron chi connectivity index (χ1n) is 8.55. The lowest BCUT2D eigenvalue weighted by molar-refractivity contribution is -0.274. The number of ether oxygens (including phenoxy) is 2. The number of fused-ring (bicyclic) bond motifs is 1. The average molecular weight is 428 g/mol. The Morgan fingerprint density at radius 2 is 1.93 bits per heavy atom. The van der Waals surface area contributed by atoms with E-state index in [4.69, 9.17) is 9.94 Å². The molecule has 2 aromatic rings. The topological polar surface area (TPSA) is 88.1 Å². The van der Waals surface area contributed by atoms with E-state index in [1.54, 1.807) is 0 Å². The van der Waals surface area contributed by atoms with Crippen LogP contribution in [0.25, 0.3) is 0 Å². The van der Waals surface area contributed by atoms with Gasteiger partial charge in [0, 0.05) is 17.2 Å². The molecule has 0 bridgehead atoms. The van der Waals surface area contributed by atoms with Crippen LogP contribution < -0.4 is 19.9 Å². The van der Waals surface area contributed by atoms with E-state index in [-0.39, 0.29) is 29.1 Å². The maximum atomic E-state index is 14.4. The van der Waals surface area contributed by atoms with Gasteiger partial charge in [0.25, 0.3) is 11.8 Å². The lowest BCUT2D eigenvalue weighted by Gasteiger charge is -2.39. The number of amides is 2. The lowest BCUT2D eigenvalue weighted by Crippen LogP contribution is -2.52. The second kappa shape index (κ2) is 7.48. The van der Waals surface area contributed by atoms with E-state index in [9.17, 15) is 27.2 Å². The monoisotopic (exact) mass is 428 g/mol. The van der Waals surface area contributed by atoms with E-state index in [0.717, 1.165) is 17.0 Å². The van der Waals surface area contributed by atoms with Crippen molar-refractivity contribution in [2.75, 3.05) is 4.90 Å². The molecule has 0 spiro atoms. The molecule has 0 radical (unpaired) electrons. The highest BCUT2D eigenvalue weighted by Gasteiger charge is 2.41. The van der Waals surface area contributed by atoms with Gasteiger partial charge in [-0.1, -0.05) is 6.07 Å². The van der Waals surface area contributed by atoms with Crippen LogP contribution in [0.5, 0.6) is 11.5 Å². The van der Waals surface area contributed by atoms with Crippen LogP contribution in [0.3, 0.4) is 0 Å². The highest BCUT2D eigenvalue weighted by molar-refractivity contribution is 6.04. The highest BCUT2D eigenvalue weighted by atomic mass is 19.4. The molecule has 2 aromatic carbocycles. The number of hydrogen-bond acceptors (Lipinski definition) is 5. The lowest BCUT2D eigenvalue weighted by atomic mass is 10.0. The van der Waals surface area contributed by atoms with Gasteiger partial charge in [-0.3, -0.25) is 14.8 Å². The summed E-state index contributed by atoms with van der Waals surface area (Å²) in [7, 11) is 0. The standard InChI is InChI=1S/C19H16F4N2O5/c1-18(2)17(27)25(14-7-10(16(26)24-28)4-6-15(14)30-18)9-11-3-5-12(8-13(11)20)29-19(21,22)23/h3-8,28H,9H2,1-2H3,(H,24,26). The number of halogens is 4. The molecule has 1 aliphatic rings. The predicted molar refractivity (Wildman–Crippen MR) is 94.7 cm³/mol. The summed E-state index contributed by atoms with van der Waals surface area (Å²) in [5.74, 6) is -2.92. The summed E-state index contributed by atoms with van der Waals surface area (Å²) in [5, 5.41) is 8.82. The van der Waals surface area contributed by atoms with Gasteiger partial charge in [-0.05, 0) is 38.1 Å². The Morgan fingerprint density at radius 1 is 1.23 bits per heavy atom. The van der Waals surface area contributed by atoms with Gasteiger partial charge in [0.05, 0.1) is 12.2 Å². The van der Waals surface area contributed by atoms with Gasteiger partial charge in [0.15, 0.2) is 5.60 Å². The number of alkyl halides is 3. The molecule has 2 N–H and O–H groups in total. The van der Waals surface area contributed by atoms with Crippen molar-refractivity contribution in [1.29, 1.82) is 0 Å². The van der Waals surface area contributed by atoms with Gasteiger partial charge >= 0.3 is 6.36 Å². The van der Waals surface area contributed by atoms with Crippen molar-refractivity contribution in [3.05, 3.63) is 53.3 Å². The molecule has 7 nitrogen and oxygen atoms in total.